The maximum atomic E-state index is 13.7. The Morgan fingerprint density at radius 3 is 2.75 bits per heavy atom. The summed E-state index contributed by atoms with van der Waals surface area (Å²) >= 11 is 0. The highest BCUT2D eigenvalue weighted by molar-refractivity contribution is 5.94. The molecule has 2 rings (SSSR count). The minimum atomic E-state index is -0.828. The molecule has 2 atom stereocenters. The molecule has 1 aromatic rings. The van der Waals surface area contributed by atoms with E-state index in [1.165, 1.54) is 12.1 Å². The number of aryl methyl sites for hydroxylation is 1. The zero-order valence-electron chi connectivity index (χ0n) is 11.4. The van der Waals surface area contributed by atoms with Crippen LogP contribution in [0.5, 0.6) is 0 Å². The maximum Gasteiger partial charge on any atom is 0.306 e. The number of aliphatic carboxylic acids is 1. The topological polar surface area (TPSA) is 66.4 Å². The van der Waals surface area contributed by atoms with Gasteiger partial charge < -0.3 is 10.4 Å². The van der Waals surface area contributed by atoms with Crippen LogP contribution in [0.4, 0.5) is 4.39 Å². The first kappa shape index (κ1) is 14.5. The first-order chi connectivity index (χ1) is 9.47. The van der Waals surface area contributed by atoms with E-state index in [1.807, 2.05) is 0 Å². The number of halogens is 1. The second-order valence-electron chi connectivity index (χ2n) is 5.36. The fourth-order valence-corrected chi connectivity index (χ4v) is 2.61. The summed E-state index contributed by atoms with van der Waals surface area (Å²) in [4.78, 5) is 23.0. The normalized spacial score (nSPS) is 22.3. The quantitative estimate of drug-likeness (QED) is 0.893. The first-order valence-corrected chi connectivity index (χ1v) is 6.77. The first-order valence-electron chi connectivity index (χ1n) is 6.77. The summed E-state index contributed by atoms with van der Waals surface area (Å²) in [5.41, 5.74) is 0.760. The van der Waals surface area contributed by atoms with Crippen LogP contribution < -0.4 is 5.32 Å². The summed E-state index contributed by atoms with van der Waals surface area (Å²) < 4.78 is 13.7. The van der Waals surface area contributed by atoms with Crippen LogP contribution in [0.3, 0.4) is 0 Å². The largest absolute Gasteiger partial charge is 0.481 e. The number of carboxylic acid groups (broad SMARTS) is 1. The number of carbonyl (C=O) groups excluding carboxylic acids is 1. The molecule has 0 spiro atoms. The van der Waals surface area contributed by atoms with E-state index >= 15 is 0 Å². The van der Waals surface area contributed by atoms with Crippen molar-refractivity contribution in [2.75, 3.05) is 0 Å². The zero-order valence-corrected chi connectivity index (χ0v) is 11.4. The highest BCUT2D eigenvalue weighted by atomic mass is 19.1. The molecule has 1 aromatic carbocycles. The van der Waals surface area contributed by atoms with Crippen molar-refractivity contribution in [2.24, 2.45) is 5.92 Å². The lowest BCUT2D eigenvalue weighted by Gasteiger charge is -2.27. The molecule has 1 amide bonds. The number of rotatable bonds is 3. The number of carboxylic acids is 1. The summed E-state index contributed by atoms with van der Waals surface area (Å²) in [7, 11) is 0. The third-order valence-electron chi connectivity index (χ3n) is 3.73. The van der Waals surface area contributed by atoms with Crippen molar-refractivity contribution < 1.29 is 19.1 Å². The summed E-state index contributed by atoms with van der Waals surface area (Å²) in [6, 6.07) is 4.25. The van der Waals surface area contributed by atoms with E-state index in [-0.39, 0.29) is 11.6 Å². The van der Waals surface area contributed by atoms with Crippen molar-refractivity contribution in [3.8, 4) is 0 Å². The molecule has 0 bridgehead atoms. The second-order valence-corrected chi connectivity index (χ2v) is 5.36. The van der Waals surface area contributed by atoms with Gasteiger partial charge in [-0.15, -0.1) is 0 Å². The molecule has 2 N–H and O–H groups in total. The van der Waals surface area contributed by atoms with Gasteiger partial charge in [-0.2, -0.15) is 0 Å². The van der Waals surface area contributed by atoms with Crippen LogP contribution in [0.2, 0.25) is 0 Å². The average molecular weight is 279 g/mol. The Bertz CT molecular complexity index is 530. The molecule has 20 heavy (non-hydrogen) atoms. The zero-order chi connectivity index (χ0) is 14.7. The molecular weight excluding hydrogens is 261 g/mol. The van der Waals surface area contributed by atoms with Crippen molar-refractivity contribution in [1.82, 2.24) is 5.32 Å². The van der Waals surface area contributed by atoms with E-state index in [0.717, 1.165) is 18.4 Å². The summed E-state index contributed by atoms with van der Waals surface area (Å²) in [5.74, 6) is -2.27. The molecule has 1 aliphatic carbocycles. The summed E-state index contributed by atoms with van der Waals surface area (Å²) in [6.07, 6.45) is 2.55. The predicted octanol–water partition coefficient (Wildman–Crippen LogP) is 2.51. The van der Waals surface area contributed by atoms with Gasteiger partial charge in [0.1, 0.15) is 5.82 Å². The third-order valence-corrected chi connectivity index (χ3v) is 3.73. The molecule has 1 aliphatic rings. The van der Waals surface area contributed by atoms with Gasteiger partial charge in [0, 0.05) is 6.04 Å². The summed E-state index contributed by atoms with van der Waals surface area (Å²) in [6.45, 7) is 1.75. The van der Waals surface area contributed by atoms with Crippen LogP contribution in [0.15, 0.2) is 18.2 Å². The smallest absolute Gasteiger partial charge is 0.306 e. The van der Waals surface area contributed by atoms with E-state index < -0.39 is 23.6 Å². The molecule has 0 aromatic heterocycles. The van der Waals surface area contributed by atoms with Gasteiger partial charge in [-0.1, -0.05) is 12.5 Å². The van der Waals surface area contributed by atoms with Gasteiger partial charge in [-0.05, 0) is 43.9 Å². The number of hydrogen-bond donors (Lipinski definition) is 2. The molecule has 1 fully saturated rings. The summed E-state index contributed by atoms with van der Waals surface area (Å²) in [5, 5.41) is 11.7. The number of benzene rings is 1. The van der Waals surface area contributed by atoms with Crippen molar-refractivity contribution >= 4 is 11.9 Å². The molecule has 4 nitrogen and oxygen atoms in total. The number of amides is 1. The molecule has 0 heterocycles. The van der Waals surface area contributed by atoms with Gasteiger partial charge in [0.25, 0.3) is 5.91 Å². The molecule has 1 saturated carbocycles. The predicted molar refractivity (Wildman–Crippen MR) is 72.0 cm³/mol. The van der Waals surface area contributed by atoms with Crippen LogP contribution >= 0.6 is 0 Å². The molecule has 0 radical (unpaired) electrons. The minimum Gasteiger partial charge on any atom is -0.481 e. The van der Waals surface area contributed by atoms with Crippen LogP contribution in [0.25, 0.3) is 0 Å². The Labute approximate surface area is 117 Å². The fourth-order valence-electron chi connectivity index (χ4n) is 2.61. The maximum absolute atomic E-state index is 13.7. The van der Waals surface area contributed by atoms with E-state index in [4.69, 9.17) is 5.11 Å². The molecule has 0 saturated heterocycles. The number of carbonyl (C=O) groups is 2. The van der Waals surface area contributed by atoms with Crippen LogP contribution in [0.1, 0.15) is 41.6 Å². The Balaban J connectivity index is 2.02. The average Bonchev–Trinajstić information content (AvgIpc) is 2.38. The Morgan fingerprint density at radius 1 is 1.35 bits per heavy atom. The van der Waals surface area contributed by atoms with Gasteiger partial charge in [0.15, 0.2) is 0 Å². The second kappa shape index (κ2) is 6.03. The monoisotopic (exact) mass is 279 g/mol. The molecule has 5 heteroatoms. The van der Waals surface area contributed by atoms with Gasteiger partial charge >= 0.3 is 5.97 Å². The van der Waals surface area contributed by atoms with Crippen LogP contribution in [-0.2, 0) is 4.79 Å². The van der Waals surface area contributed by atoms with Crippen molar-refractivity contribution in [3.63, 3.8) is 0 Å². The van der Waals surface area contributed by atoms with Crippen molar-refractivity contribution in [3.05, 3.63) is 35.1 Å². The van der Waals surface area contributed by atoms with Crippen LogP contribution in [-0.4, -0.2) is 23.0 Å². The molecule has 0 aliphatic heterocycles. The highest BCUT2D eigenvalue weighted by Crippen LogP contribution is 2.24. The van der Waals surface area contributed by atoms with Crippen molar-refractivity contribution in [1.29, 1.82) is 0 Å². The highest BCUT2D eigenvalue weighted by Gasteiger charge is 2.28. The molecule has 2 unspecified atom stereocenters. The lowest BCUT2D eigenvalue weighted by molar-refractivity contribution is -0.143. The van der Waals surface area contributed by atoms with Gasteiger partial charge in [-0.3, -0.25) is 9.59 Å². The van der Waals surface area contributed by atoms with Gasteiger partial charge in [0.2, 0.25) is 0 Å². The lowest BCUT2D eigenvalue weighted by atomic mass is 9.85. The standard InChI is InChI=1S/C15H18FNO3/c1-9-5-6-12(13(16)7-9)14(18)17-11-4-2-3-10(8-11)15(19)20/h5-7,10-11H,2-4,8H2,1H3,(H,17,18)(H,19,20). The number of nitrogens with one attached hydrogen (secondary N) is 1. The van der Waals surface area contributed by atoms with E-state index in [2.05, 4.69) is 5.32 Å². The lowest BCUT2D eigenvalue weighted by Crippen LogP contribution is -2.40. The minimum absolute atomic E-state index is 0.00745. The van der Waals surface area contributed by atoms with Crippen molar-refractivity contribution in [2.45, 2.75) is 38.6 Å². The molecular formula is C15H18FNO3. The van der Waals surface area contributed by atoms with E-state index in [9.17, 15) is 14.0 Å². The van der Waals surface area contributed by atoms with Gasteiger partial charge in [0.05, 0.1) is 11.5 Å². The van der Waals surface area contributed by atoms with Crippen LogP contribution in [0, 0.1) is 18.7 Å². The Morgan fingerprint density at radius 2 is 2.10 bits per heavy atom. The van der Waals surface area contributed by atoms with E-state index in [1.54, 1.807) is 13.0 Å². The fraction of sp³-hybridized carbons (Fsp3) is 0.467. The van der Waals surface area contributed by atoms with E-state index in [0.29, 0.717) is 12.8 Å². The van der Waals surface area contributed by atoms with Gasteiger partial charge in [-0.25, -0.2) is 4.39 Å². The molecule has 108 valence electrons. The SMILES string of the molecule is Cc1ccc(C(=O)NC2CCCC(C(=O)O)C2)c(F)c1. The Hall–Kier alpha value is -1.91. The Kier molecular flexibility index (Phi) is 4.37. The third kappa shape index (κ3) is 3.35. The number of hydrogen-bond acceptors (Lipinski definition) is 2.